The number of rotatable bonds is 5. The number of aliphatic hydroxyl groups excluding tert-OH is 1. The Morgan fingerprint density at radius 3 is 2.42 bits per heavy atom. The quantitative estimate of drug-likeness (QED) is 0.516. The van der Waals surface area contributed by atoms with Crippen molar-refractivity contribution >= 4 is 11.6 Å². The molecule has 0 spiro atoms. The Kier molecular flexibility index (Phi) is 6.35. The zero-order valence-electron chi connectivity index (χ0n) is 15.7. The molecule has 26 heavy (non-hydrogen) atoms. The van der Waals surface area contributed by atoms with Crippen LogP contribution in [0, 0.1) is 13.8 Å². The van der Waals surface area contributed by atoms with Gasteiger partial charge in [-0.1, -0.05) is 0 Å². The molecule has 2 atom stereocenters. The predicted octanol–water partition coefficient (Wildman–Crippen LogP) is 1.28. The Labute approximate surface area is 160 Å². The topological polar surface area (TPSA) is 49.3 Å². The molecule has 1 saturated heterocycles. The summed E-state index contributed by atoms with van der Waals surface area (Å²) in [5.74, 6) is 0.0793. The number of para-hydroxylation sites is 1. The maximum atomic E-state index is 12.9. The van der Waals surface area contributed by atoms with Crippen LogP contribution in [-0.2, 0) is 4.79 Å². The number of hydrogen-bond donors (Lipinski definition) is 2. The van der Waals surface area contributed by atoms with Crippen molar-refractivity contribution < 1.29 is 28.3 Å². The van der Waals surface area contributed by atoms with Crippen LogP contribution in [-0.4, -0.2) is 24.5 Å². The second-order valence-corrected chi connectivity index (χ2v) is 17.1. The van der Waals surface area contributed by atoms with E-state index < -0.39 is 18.4 Å². The Morgan fingerprint density at radius 2 is 1.77 bits per heavy atom. The molecule has 2 aromatic carbocycles. The summed E-state index contributed by atoms with van der Waals surface area (Å²) in [6, 6.07) is 16.6. The van der Waals surface area contributed by atoms with Crippen molar-refractivity contribution in [1.82, 2.24) is 0 Å². The molecule has 2 unspecified atom stereocenters. The third kappa shape index (κ3) is 4.12. The standard InChI is InChI=1S/C22H29INO2/c1-17-9-8-10-18(2)22(17)24-21(26)15-23(16-25)14-7-6-13-20(23)19-11-4-3-5-12-19/h3-5,8-12,20,25H,6-7,13-16H2,1-2H3,(H,24,26)/q-1. The van der Waals surface area contributed by atoms with Gasteiger partial charge in [0.05, 0.1) is 0 Å². The van der Waals surface area contributed by atoms with E-state index in [0.717, 1.165) is 34.1 Å². The molecule has 0 bridgehead atoms. The minimum absolute atomic E-state index is 0.0793. The molecule has 0 aliphatic carbocycles. The molecule has 2 N–H and O–H groups in total. The van der Waals surface area contributed by atoms with E-state index in [1.54, 1.807) is 0 Å². The Morgan fingerprint density at radius 1 is 1.08 bits per heavy atom. The van der Waals surface area contributed by atoms with E-state index in [0.29, 0.717) is 8.35 Å². The first-order valence-corrected chi connectivity index (χ1v) is 15.1. The van der Waals surface area contributed by atoms with Crippen molar-refractivity contribution in [1.29, 1.82) is 0 Å². The molecular formula is C22H29INO2-. The van der Waals surface area contributed by atoms with Gasteiger partial charge in [0.1, 0.15) is 0 Å². The van der Waals surface area contributed by atoms with Crippen LogP contribution in [0.15, 0.2) is 48.5 Å². The van der Waals surface area contributed by atoms with Crippen LogP contribution in [0.5, 0.6) is 0 Å². The number of carbonyl (C=O) groups is 1. The van der Waals surface area contributed by atoms with Gasteiger partial charge in [-0.25, -0.2) is 0 Å². The summed E-state index contributed by atoms with van der Waals surface area (Å²) in [6.45, 7) is 4.05. The van der Waals surface area contributed by atoms with Gasteiger partial charge >= 0.3 is 161 Å². The summed E-state index contributed by atoms with van der Waals surface area (Å²) >= 11 is -2.66. The molecule has 0 aromatic heterocycles. The molecule has 1 aliphatic rings. The summed E-state index contributed by atoms with van der Waals surface area (Å²) in [4.78, 5) is 12.9. The Hall–Kier alpha value is -1.40. The van der Waals surface area contributed by atoms with Crippen molar-refractivity contribution in [2.45, 2.75) is 37.0 Å². The van der Waals surface area contributed by atoms with Crippen molar-refractivity contribution in [2.75, 3.05) is 18.8 Å². The molecule has 1 aliphatic heterocycles. The number of alkyl halides is 4. The number of anilines is 1. The SMILES string of the molecule is Cc1cccc(C)c1NC(=O)C[I-]1(CO)CCCCC1c1ccccc1. The number of halogens is 1. The second kappa shape index (κ2) is 8.53. The first-order valence-electron chi connectivity index (χ1n) is 9.25. The zero-order valence-corrected chi connectivity index (χ0v) is 17.8. The van der Waals surface area contributed by atoms with Gasteiger partial charge in [-0.15, -0.1) is 0 Å². The summed E-state index contributed by atoms with van der Waals surface area (Å²) in [6.07, 6.45) is 3.46. The van der Waals surface area contributed by atoms with Gasteiger partial charge in [-0.3, -0.25) is 0 Å². The van der Waals surface area contributed by atoms with Crippen molar-refractivity contribution in [3.63, 3.8) is 0 Å². The average Bonchev–Trinajstić information content (AvgIpc) is 2.66. The van der Waals surface area contributed by atoms with Gasteiger partial charge in [0.2, 0.25) is 0 Å². The summed E-state index contributed by atoms with van der Waals surface area (Å²) in [5, 5.41) is 13.5. The number of benzene rings is 2. The molecule has 142 valence electrons. The second-order valence-electron chi connectivity index (χ2n) is 7.16. The van der Waals surface area contributed by atoms with Crippen LogP contribution >= 0.6 is 0 Å². The zero-order chi connectivity index (χ0) is 18.6. The fourth-order valence-corrected chi connectivity index (χ4v) is 14.0. The first-order chi connectivity index (χ1) is 12.6. The number of carbonyl (C=O) groups excluding carboxylic acids is 1. The Bertz CT molecular complexity index is 742. The summed E-state index contributed by atoms with van der Waals surface area (Å²) in [7, 11) is 0. The van der Waals surface area contributed by atoms with Gasteiger partial charge < -0.3 is 0 Å². The van der Waals surface area contributed by atoms with E-state index in [1.807, 2.05) is 38.1 Å². The van der Waals surface area contributed by atoms with Crippen LogP contribution in [0.1, 0.15) is 39.9 Å². The van der Waals surface area contributed by atoms with Crippen LogP contribution < -0.4 is 23.8 Å². The van der Waals surface area contributed by atoms with Crippen LogP contribution in [0.25, 0.3) is 0 Å². The fraction of sp³-hybridized carbons (Fsp3) is 0.409. The van der Waals surface area contributed by atoms with Crippen molar-refractivity contribution in [3.05, 3.63) is 65.2 Å². The summed E-state index contributed by atoms with van der Waals surface area (Å²) < 4.78 is 2.25. The predicted molar refractivity (Wildman–Crippen MR) is 104 cm³/mol. The number of aryl methyl sites for hydroxylation is 2. The molecule has 3 rings (SSSR count). The molecule has 2 aromatic rings. The van der Waals surface area contributed by atoms with Crippen LogP contribution in [0.2, 0.25) is 0 Å². The first kappa shape index (κ1) is 19.4. The maximum absolute atomic E-state index is 12.9. The van der Waals surface area contributed by atoms with E-state index in [2.05, 4.69) is 29.6 Å². The van der Waals surface area contributed by atoms with Crippen LogP contribution in [0.3, 0.4) is 0 Å². The molecule has 1 heterocycles. The summed E-state index contributed by atoms with van der Waals surface area (Å²) in [5.41, 5.74) is 4.42. The van der Waals surface area contributed by atoms with Gasteiger partial charge in [0.15, 0.2) is 0 Å². The van der Waals surface area contributed by atoms with Gasteiger partial charge in [0, 0.05) is 0 Å². The van der Waals surface area contributed by atoms with Crippen molar-refractivity contribution in [2.24, 2.45) is 0 Å². The van der Waals surface area contributed by atoms with E-state index in [-0.39, 0.29) is 10.5 Å². The minimum atomic E-state index is -2.66. The molecular weight excluding hydrogens is 437 g/mol. The van der Waals surface area contributed by atoms with Gasteiger partial charge in [-0.2, -0.15) is 0 Å². The molecule has 1 fully saturated rings. The monoisotopic (exact) mass is 466 g/mol. The normalized spacial score (nSPS) is 25.3. The van der Waals surface area contributed by atoms with Crippen molar-refractivity contribution in [3.8, 4) is 0 Å². The number of aliphatic hydroxyl groups is 1. The van der Waals surface area contributed by atoms with E-state index in [9.17, 15) is 9.90 Å². The van der Waals surface area contributed by atoms with E-state index in [1.165, 1.54) is 12.0 Å². The van der Waals surface area contributed by atoms with Gasteiger partial charge in [-0.05, 0) is 0 Å². The molecule has 1 amide bonds. The Balaban J connectivity index is 1.83. The molecule has 0 saturated carbocycles. The third-order valence-electron chi connectivity index (χ3n) is 5.31. The molecule has 3 nitrogen and oxygen atoms in total. The van der Waals surface area contributed by atoms with E-state index in [4.69, 9.17) is 0 Å². The number of hydrogen-bond acceptors (Lipinski definition) is 2. The molecule has 0 radical (unpaired) electrons. The van der Waals surface area contributed by atoms with Gasteiger partial charge in [0.25, 0.3) is 0 Å². The van der Waals surface area contributed by atoms with E-state index >= 15 is 0 Å². The average molecular weight is 466 g/mol. The number of nitrogens with one attached hydrogen (secondary N) is 1. The van der Waals surface area contributed by atoms with Crippen LogP contribution in [0.4, 0.5) is 5.69 Å². The number of amides is 1. The fourth-order valence-electron chi connectivity index (χ4n) is 3.91. The third-order valence-corrected chi connectivity index (χ3v) is 16.3. The molecule has 4 heteroatoms.